The second-order valence-electron chi connectivity index (χ2n) is 12.6. The first kappa shape index (κ1) is 46.6. The molecule has 0 atom stereocenters. The van der Waals surface area contributed by atoms with Crippen molar-refractivity contribution in [2.45, 2.75) is 54.4 Å². The number of alkyl halides is 6. The Morgan fingerprint density at radius 1 is 0.754 bits per heavy atom. The molecule has 0 aliphatic heterocycles. The maximum absolute atomic E-state index is 12.6. The lowest BCUT2D eigenvalue weighted by Gasteiger charge is -2.18. The van der Waals surface area contributed by atoms with E-state index in [1.807, 2.05) is 0 Å². The van der Waals surface area contributed by atoms with E-state index >= 15 is 0 Å². The fraction of sp³-hybridized carbons (Fsp3) is 0.250. The molecule has 2 aromatic carbocycles. The van der Waals surface area contributed by atoms with Gasteiger partial charge in [0, 0.05) is 46.7 Å². The maximum Gasteiger partial charge on any atom is 0.416 e. The molecule has 11 nitrogen and oxygen atoms in total. The molecule has 0 aliphatic carbocycles. The van der Waals surface area contributed by atoms with Crippen molar-refractivity contribution < 1.29 is 60.2 Å². The van der Waals surface area contributed by atoms with Gasteiger partial charge in [0.05, 0.1) is 45.8 Å². The number of carbonyl (C=O) groups excluding carboxylic acids is 4. The number of Topliss-reactive ketones (excluding diaryl/α,β-unsaturated/α-hetero) is 2. The number of fused-ring (bicyclic) bond motifs is 1. The molecule has 1 amide bonds. The van der Waals surface area contributed by atoms with Gasteiger partial charge in [0.2, 0.25) is 5.91 Å². The molecule has 0 spiro atoms. The second kappa shape index (κ2) is 19.4. The first-order chi connectivity index (χ1) is 26.0. The topological polar surface area (TPSA) is 166 Å². The molecule has 57 heavy (non-hydrogen) atoms. The van der Waals surface area contributed by atoms with Gasteiger partial charge in [-0.2, -0.15) is 26.3 Å². The Labute approximate surface area is 323 Å². The predicted molar refractivity (Wildman–Crippen MR) is 198 cm³/mol. The van der Waals surface area contributed by atoms with Gasteiger partial charge in [-0.3, -0.25) is 24.4 Å². The van der Waals surface area contributed by atoms with Crippen molar-refractivity contribution in [1.82, 2.24) is 15.0 Å². The minimum atomic E-state index is -4.42. The number of esters is 1. The second-order valence-corrected chi connectivity index (χ2v) is 12.6. The Bertz CT molecular complexity index is 2220. The molecule has 3 aromatic heterocycles. The van der Waals surface area contributed by atoms with Crippen molar-refractivity contribution in [3.8, 4) is 11.3 Å². The number of benzene rings is 2. The van der Waals surface area contributed by atoms with Gasteiger partial charge in [0.25, 0.3) is 5.78 Å². The fourth-order valence-corrected chi connectivity index (χ4v) is 4.42. The van der Waals surface area contributed by atoms with E-state index in [-0.39, 0.29) is 53.8 Å². The standard InChI is InChI=1S/C16H9F3N2O2.C14H18N2O4.C9H7F3O.CH4/c17-16(18,19)10-3-1-9(2-4-10)14-7-11(15(22)23)12-8-20-6-5-13(12)21-14;1-5-20-12(18)11(17)9-8-15-7-6-10(9)16-13(19)14(2,3)4;1-6(13)7-2-4-8(5-3-7)9(10,11)12;/h1-8H,(H,22,23);6-8H,5H2,1-4H3,(H,15,16,19);2-5H,1H3;1H4. The number of nitrogens with one attached hydrogen (secondary N) is 1. The summed E-state index contributed by atoms with van der Waals surface area (Å²) in [5.41, 5.74) is -0.480. The number of rotatable bonds is 7. The highest BCUT2D eigenvalue weighted by Crippen LogP contribution is 2.32. The highest BCUT2D eigenvalue weighted by Gasteiger charge is 2.31. The van der Waals surface area contributed by atoms with Gasteiger partial charge >= 0.3 is 24.3 Å². The van der Waals surface area contributed by atoms with Crippen LogP contribution in [0.5, 0.6) is 0 Å². The largest absolute Gasteiger partial charge is 0.478 e. The van der Waals surface area contributed by atoms with Gasteiger partial charge in [-0.1, -0.05) is 52.5 Å². The van der Waals surface area contributed by atoms with E-state index in [9.17, 15) is 55.4 Å². The van der Waals surface area contributed by atoms with Gasteiger partial charge in [-0.25, -0.2) is 14.6 Å². The summed E-state index contributed by atoms with van der Waals surface area (Å²) in [6, 6.07) is 12.9. The molecule has 0 radical (unpaired) electrons. The number of ether oxygens (including phenoxy) is 1. The average molecular weight is 801 g/mol. The zero-order valence-corrected chi connectivity index (χ0v) is 30.4. The Morgan fingerprint density at radius 3 is 1.77 bits per heavy atom. The number of aromatic carboxylic acids is 1. The van der Waals surface area contributed by atoms with E-state index < -0.39 is 46.6 Å². The number of hydrogen-bond donors (Lipinski definition) is 2. The van der Waals surface area contributed by atoms with Gasteiger partial charge in [0.15, 0.2) is 5.78 Å². The predicted octanol–water partition coefficient (Wildman–Crippen LogP) is 9.37. The third-order valence-electron chi connectivity index (χ3n) is 7.42. The molecular weight excluding hydrogens is 762 g/mol. The van der Waals surface area contributed by atoms with Crippen LogP contribution in [-0.2, 0) is 26.7 Å². The molecule has 0 fully saturated rings. The van der Waals surface area contributed by atoms with Crippen LogP contribution in [0.2, 0.25) is 0 Å². The van der Waals surface area contributed by atoms with Crippen LogP contribution in [0.3, 0.4) is 0 Å². The first-order valence-corrected chi connectivity index (χ1v) is 16.3. The number of anilines is 1. The minimum absolute atomic E-state index is 0. The number of pyridine rings is 3. The van der Waals surface area contributed by atoms with Crippen LogP contribution in [0.25, 0.3) is 22.2 Å². The molecule has 0 bridgehead atoms. The van der Waals surface area contributed by atoms with Crippen molar-refractivity contribution in [2.24, 2.45) is 5.41 Å². The summed E-state index contributed by atoms with van der Waals surface area (Å²) in [5, 5.41) is 12.3. The summed E-state index contributed by atoms with van der Waals surface area (Å²) in [4.78, 5) is 69.4. The summed E-state index contributed by atoms with van der Waals surface area (Å²) in [6.07, 6.45) is -3.24. The number of nitrogens with zero attached hydrogens (tertiary/aromatic N) is 3. The number of amides is 1. The quantitative estimate of drug-likeness (QED) is 0.0701. The number of ketones is 2. The first-order valence-electron chi connectivity index (χ1n) is 16.3. The number of halogens is 6. The summed E-state index contributed by atoms with van der Waals surface area (Å²) in [6.45, 7) is 8.26. The number of carbonyl (C=O) groups is 5. The van der Waals surface area contributed by atoms with E-state index in [0.717, 1.165) is 24.3 Å². The van der Waals surface area contributed by atoms with Crippen LogP contribution in [-0.4, -0.2) is 56.1 Å². The van der Waals surface area contributed by atoms with Crippen molar-refractivity contribution in [2.75, 3.05) is 11.9 Å². The van der Waals surface area contributed by atoms with Gasteiger partial charge in [0.1, 0.15) is 0 Å². The third-order valence-corrected chi connectivity index (χ3v) is 7.42. The van der Waals surface area contributed by atoms with E-state index in [2.05, 4.69) is 25.0 Å². The Morgan fingerprint density at radius 2 is 1.28 bits per heavy atom. The molecule has 3 heterocycles. The van der Waals surface area contributed by atoms with Crippen LogP contribution in [0.4, 0.5) is 32.0 Å². The lowest BCUT2D eigenvalue weighted by molar-refractivity contribution is -0.138. The van der Waals surface area contributed by atoms with Crippen molar-refractivity contribution >= 4 is 46.0 Å². The molecule has 302 valence electrons. The normalized spacial score (nSPS) is 11.1. The molecular formula is C40H38F6N4O7. The molecule has 17 heteroatoms. The molecule has 5 rings (SSSR count). The summed E-state index contributed by atoms with van der Waals surface area (Å²) < 4.78 is 78.6. The van der Waals surface area contributed by atoms with E-state index in [1.165, 1.54) is 68.1 Å². The van der Waals surface area contributed by atoms with Crippen molar-refractivity contribution in [3.05, 3.63) is 119 Å². The number of hydrogen-bond acceptors (Lipinski definition) is 9. The highest BCUT2D eigenvalue weighted by molar-refractivity contribution is 6.42. The number of carboxylic acid groups (broad SMARTS) is 1. The van der Waals surface area contributed by atoms with Crippen LogP contribution < -0.4 is 5.32 Å². The molecule has 5 aromatic rings. The van der Waals surface area contributed by atoms with E-state index in [4.69, 9.17) is 0 Å². The van der Waals surface area contributed by atoms with Crippen molar-refractivity contribution in [1.29, 1.82) is 0 Å². The average Bonchev–Trinajstić information content (AvgIpc) is 3.14. The molecule has 2 N–H and O–H groups in total. The Balaban J connectivity index is 0.000000304. The van der Waals surface area contributed by atoms with Crippen LogP contribution in [0.1, 0.15) is 84.2 Å². The van der Waals surface area contributed by atoms with Crippen LogP contribution >= 0.6 is 0 Å². The minimum Gasteiger partial charge on any atom is -0.478 e. The molecule has 0 unspecified atom stereocenters. The van der Waals surface area contributed by atoms with E-state index in [0.29, 0.717) is 16.5 Å². The summed E-state index contributed by atoms with van der Waals surface area (Å²) >= 11 is 0. The SMILES string of the molecule is C.CC(=O)c1ccc(C(F)(F)F)cc1.CCOC(=O)C(=O)c1cnccc1NC(=O)C(C)(C)C.O=C(O)c1cc(-c2ccc(C(F)(F)F)cc2)nc2ccncc12. The van der Waals surface area contributed by atoms with Crippen LogP contribution in [0.15, 0.2) is 91.5 Å². The number of carboxylic acids is 1. The van der Waals surface area contributed by atoms with Gasteiger partial charge < -0.3 is 15.2 Å². The Hall–Kier alpha value is -6.52. The van der Waals surface area contributed by atoms with Gasteiger partial charge in [-0.05, 0) is 56.3 Å². The number of aromatic nitrogens is 3. The zero-order valence-electron chi connectivity index (χ0n) is 30.4. The molecule has 0 aliphatic rings. The maximum atomic E-state index is 12.6. The fourth-order valence-electron chi connectivity index (χ4n) is 4.42. The third kappa shape index (κ3) is 13.0. The highest BCUT2D eigenvalue weighted by atomic mass is 19.4. The smallest absolute Gasteiger partial charge is 0.416 e. The monoisotopic (exact) mass is 800 g/mol. The summed E-state index contributed by atoms with van der Waals surface area (Å²) in [5.74, 6) is -3.45. The van der Waals surface area contributed by atoms with Crippen LogP contribution in [0, 0.1) is 5.41 Å². The van der Waals surface area contributed by atoms with E-state index in [1.54, 1.807) is 33.8 Å². The lowest BCUT2D eigenvalue weighted by Crippen LogP contribution is -2.29. The summed E-state index contributed by atoms with van der Waals surface area (Å²) in [7, 11) is 0. The Kier molecular flexibility index (Phi) is 15.8. The van der Waals surface area contributed by atoms with Crippen molar-refractivity contribution in [3.63, 3.8) is 0 Å². The molecule has 0 saturated heterocycles. The molecule has 0 saturated carbocycles. The lowest BCUT2D eigenvalue weighted by atomic mass is 9.95. The zero-order chi connectivity index (χ0) is 42.0. The van der Waals surface area contributed by atoms with Gasteiger partial charge in [-0.15, -0.1) is 0 Å².